The highest BCUT2D eigenvalue weighted by Gasteiger charge is 2.11. The SMILES string of the molecule is C/C(=N/NC(=O)c1ccccn1)c1ccc(NC(=O)c2ccc(Cl)cc2Cl)cc1. The summed E-state index contributed by atoms with van der Waals surface area (Å²) in [6.07, 6.45) is 1.54. The molecule has 0 spiro atoms. The molecule has 8 heteroatoms. The number of halogens is 2. The molecule has 2 amide bonds. The quantitative estimate of drug-likeness (QED) is 0.454. The summed E-state index contributed by atoms with van der Waals surface area (Å²) >= 11 is 11.9. The summed E-state index contributed by atoms with van der Waals surface area (Å²) in [5, 5.41) is 7.60. The lowest BCUT2D eigenvalue weighted by Gasteiger charge is -2.08. The molecular weight excluding hydrogens is 411 g/mol. The van der Waals surface area contributed by atoms with E-state index in [2.05, 4.69) is 20.8 Å². The number of rotatable bonds is 5. The maximum atomic E-state index is 12.4. The second-order valence-electron chi connectivity index (χ2n) is 6.01. The van der Waals surface area contributed by atoms with Crippen LogP contribution in [0, 0.1) is 0 Å². The zero-order valence-electron chi connectivity index (χ0n) is 15.3. The first-order valence-electron chi connectivity index (χ1n) is 8.56. The molecule has 0 radical (unpaired) electrons. The van der Waals surface area contributed by atoms with E-state index < -0.39 is 5.91 Å². The van der Waals surface area contributed by atoms with Gasteiger partial charge in [-0.1, -0.05) is 41.4 Å². The van der Waals surface area contributed by atoms with Gasteiger partial charge in [0.2, 0.25) is 0 Å². The number of nitrogens with one attached hydrogen (secondary N) is 2. The average Bonchev–Trinajstić information content (AvgIpc) is 2.72. The fourth-order valence-corrected chi connectivity index (χ4v) is 2.91. The zero-order valence-corrected chi connectivity index (χ0v) is 16.8. The van der Waals surface area contributed by atoms with Crippen molar-refractivity contribution in [1.29, 1.82) is 0 Å². The molecule has 0 aliphatic rings. The number of hydrogen-bond acceptors (Lipinski definition) is 4. The van der Waals surface area contributed by atoms with Gasteiger partial charge in [-0.3, -0.25) is 14.6 Å². The molecule has 0 atom stereocenters. The van der Waals surface area contributed by atoms with Gasteiger partial charge >= 0.3 is 0 Å². The summed E-state index contributed by atoms with van der Waals surface area (Å²) in [5.74, 6) is -0.735. The summed E-state index contributed by atoms with van der Waals surface area (Å²) in [4.78, 5) is 28.3. The molecule has 0 bridgehead atoms. The lowest BCUT2D eigenvalue weighted by molar-refractivity contribution is 0.0949. The van der Waals surface area contributed by atoms with Crippen molar-refractivity contribution in [2.24, 2.45) is 5.10 Å². The largest absolute Gasteiger partial charge is 0.322 e. The van der Waals surface area contributed by atoms with E-state index in [1.54, 1.807) is 61.5 Å². The molecule has 3 rings (SSSR count). The number of hydrogen-bond donors (Lipinski definition) is 2. The fraction of sp³-hybridized carbons (Fsp3) is 0.0476. The van der Waals surface area contributed by atoms with Crippen LogP contribution in [0.2, 0.25) is 10.0 Å². The van der Waals surface area contributed by atoms with E-state index >= 15 is 0 Å². The lowest BCUT2D eigenvalue weighted by atomic mass is 10.1. The van der Waals surface area contributed by atoms with Gasteiger partial charge in [0.25, 0.3) is 11.8 Å². The fourth-order valence-electron chi connectivity index (χ4n) is 2.42. The van der Waals surface area contributed by atoms with E-state index in [1.807, 2.05) is 0 Å². The van der Waals surface area contributed by atoms with Crippen LogP contribution in [0.4, 0.5) is 5.69 Å². The molecule has 0 saturated heterocycles. The van der Waals surface area contributed by atoms with Crippen LogP contribution in [0.1, 0.15) is 33.3 Å². The summed E-state index contributed by atoms with van der Waals surface area (Å²) in [5.41, 5.74) is 5.06. The predicted molar refractivity (Wildman–Crippen MR) is 115 cm³/mol. The molecule has 146 valence electrons. The van der Waals surface area contributed by atoms with Crippen LogP contribution < -0.4 is 10.7 Å². The first-order valence-corrected chi connectivity index (χ1v) is 9.32. The van der Waals surface area contributed by atoms with Crippen LogP contribution in [-0.4, -0.2) is 22.5 Å². The Balaban J connectivity index is 1.64. The smallest absolute Gasteiger partial charge is 0.289 e. The number of nitrogens with zero attached hydrogens (tertiary/aromatic N) is 2. The highest BCUT2D eigenvalue weighted by molar-refractivity contribution is 6.37. The normalized spacial score (nSPS) is 11.1. The Bertz CT molecular complexity index is 1070. The molecular formula is C21H16Cl2N4O2. The van der Waals surface area contributed by atoms with Crippen LogP contribution in [0.3, 0.4) is 0 Å². The number of aromatic nitrogens is 1. The van der Waals surface area contributed by atoms with Crippen molar-refractivity contribution in [3.63, 3.8) is 0 Å². The number of carbonyl (C=O) groups is 2. The summed E-state index contributed by atoms with van der Waals surface area (Å²) < 4.78 is 0. The Kier molecular flexibility index (Phi) is 6.59. The third kappa shape index (κ3) is 5.40. The highest BCUT2D eigenvalue weighted by atomic mass is 35.5. The molecule has 3 aromatic rings. The van der Waals surface area contributed by atoms with E-state index in [1.165, 1.54) is 12.3 Å². The first-order chi connectivity index (χ1) is 13.9. The molecule has 2 N–H and O–H groups in total. The Morgan fingerprint density at radius 3 is 2.38 bits per heavy atom. The van der Waals surface area contributed by atoms with E-state index in [4.69, 9.17) is 23.2 Å². The number of benzene rings is 2. The van der Waals surface area contributed by atoms with E-state index in [-0.39, 0.29) is 16.6 Å². The van der Waals surface area contributed by atoms with Gasteiger partial charge in [-0.25, -0.2) is 5.43 Å². The van der Waals surface area contributed by atoms with Crippen LogP contribution in [-0.2, 0) is 0 Å². The Morgan fingerprint density at radius 1 is 0.966 bits per heavy atom. The summed E-state index contributed by atoms with van der Waals surface area (Å²) in [6.45, 7) is 1.76. The Morgan fingerprint density at radius 2 is 1.72 bits per heavy atom. The molecule has 1 heterocycles. The van der Waals surface area contributed by atoms with Crippen molar-refractivity contribution in [2.45, 2.75) is 6.92 Å². The maximum absolute atomic E-state index is 12.4. The van der Waals surface area contributed by atoms with Gasteiger partial charge in [-0.2, -0.15) is 5.10 Å². The lowest BCUT2D eigenvalue weighted by Crippen LogP contribution is -2.20. The molecule has 0 aliphatic heterocycles. The minimum Gasteiger partial charge on any atom is -0.322 e. The van der Waals surface area contributed by atoms with Gasteiger partial charge in [0.05, 0.1) is 16.3 Å². The summed E-state index contributed by atoms with van der Waals surface area (Å²) in [6, 6.07) is 16.8. The molecule has 0 fully saturated rings. The molecule has 0 unspecified atom stereocenters. The minimum atomic E-state index is -0.395. The molecule has 29 heavy (non-hydrogen) atoms. The molecule has 0 saturated carbocycles. The Hall–Kier alpha value is -3.22. The van der Waals surface area contributed by atoms with Gasteiger partial charge in [0.1, 0.15) is 5.69 Å². The number of pyridine rings is 1. The standard InChI is InChI=1S/C21H16Cl2N4O2/c1-13(26-27-21(29)19-4-2-3-11-24-19)14-5-8-16(9-6-14)25-20(28)17-10-7-15(22)12-18(17)23/h2-12H,1H3,(H,25,28)(H,27,29)/b26-13-. The second kappa shape index (κ2) is 9.32. The maximum Gasteiger partial charge on any atom is 0.289 e. The number of anilines is 1. The first kappa shape index (κ1) is 20.5. The third-order valence-electron chi connectivity index (χ3n) is 3.96. The molecule has 2 aromatic carbocycles. The van der Waals surface area contributed by atoms with Crippen molar-refractivity contribution in [1.82, 2.24) is 10.4 Å². The van der Waals surface area contributed by atoms with Crippen molar-refractivity contribution in [3.05, 3.63) is 93.7 Å². The number of carbonyl (C=O) groups excluding carboxylic acids is 2. The molecule has 0 aliphatic carbocycles. The second-order valence-corrected chi connectivity index (χ2v) is 6.85. The predicted octanol–water partition coefficient (Wildman–Crippen LogP) is 4.79. The average molecular weight is 427 g/mol. The van der Waals surface area contributed by atoms with Crippen LogP contribution in [0.25, 0.3) is 0 Å². The van der Waals surface area contributed by atoms with E-state index in [0.29, 0.717) is 22.0 Å². The van der Waals surface area contributed by atoms with Gasteiger partial charge in [0.15, 0.2) is 0 Å². The minimum absolute atomic E-state index is 0.276. The van der Waals surface area contributed by atoms with Crippen molar-refractivity contribution < 1.29 is 9.59 Å². The summed E-state index contributed by atoms with van der Waals surface area (Å²) in [7, 11) is 0. The van der Waals surface area contributed by atoms with E-state index in [9.17, 15) is 9.59 Å². The van der Waals surface area contributed by atoms with E-state index in [0.717, 1.165) is 5.56 Å². The Labute approximate surface area is 177 Å². The van der Waals surface area contributed by atoms with Crippen LogP contribution >= 0.6 is 23.2 Å². The van der Waals surface area contributed by atoms with Gasteiger partial charge in [-0.15, -0.1) is 0 Å². The van der Waals surface area contributed by atoms with Crippen molar-refractivity contribution >= 4 is 46.4 Å². The number of hydrazone groups is 1. The van der Waals surface area contributed by atoms with Crippen LogP contribution in [0.15, 0.2) is 72.0 Å². The topological polar surface area (TPSA) is 83.4 Å². The van der Waals surface area contributed by atoms with Gasteiger partial charge < -0.3 is 5.32 Å². The molecule has 6 nitrogen and oxygen atoms in total. The van der Waals surface area contributed by atoms with Gasteiger partial charge in [-0.05, 0) is 55.0 Å². The van der Waals surface area contributed by atoms with Crippen molar-refractivity contribution in [3.8, 4) is 0 Å². The van der Waals surface area contributed by atoms with Crippen LogP contribution in [0.5, 0.6) is 0 Å². The highest BCUT2D eigenvalue weighted by Crippen LogP contribution is 2.22. The third-order valence-corrected chi connectivity index (χ3v) is 4.51. The number of amides is 2. The zero-order chi connectivity index (χ0) is 20.8. The monoisotopic (exact) mass is 426 g/mol. The van der Waals surface area contributed by atoms with Gasteiger partial charge in [0, 0.05) is 16.9 Å². The van der Waals surface area contributed by atoms with Crippen molar-refractivity contribution in [2.75, 3.05) is 5.32 Å². The molecule has 1 aromatic heterocycles.